The normalized spacial score (nSPS) is 42.5. The van der Waals surface area contributed by atoms with Crippen LogP contribution in [-0.2, 0) is 4.74 Å². The molecule has 3 N–H and O–H groups in total. The van der Waals surface area contributed by atoms with Gasteiger partial charge in [-0.1, -0.05) is 0 Å². The molecule has 1 fully saturated rings. The second-order valence-electron chi connectivity index (χ2n) is 3.19. The Balaban J connectivity index is 2.60. The van der Waals surface area contributed by atoms with Gasteiger partial charge in [-0.05, 0) is 0 Å². The number of aliphatic hydroxyl groups is 3. The average Bonchev–Trinajstić information content (AvgIpc) is 2.30. The van der Waals surface area contributed by atoms with Gasteiger partial charge in [0.15, 0.2) is 0 Å². The molecule has 1 aliphatic heterocycles. The van der Waals surface area contributed by atoms with Gasteiger partial charge < -0.3 is 0 Å². The minimum atomic E-state index is -1.18. The van der Waals surface area contributed by atoms with Crippen molar-refractivity contribution in [1.29, 1.82) is 0 Å². The van der Waals surface area contributed by atoms with E-state index in [-0.39, 0.29) is 11.5 Å². The average molecular weight is 238 g/mol. The Morgan fingerprint density at radius 2 is 1.83 bits per heavy atom. The predicted molar refractivity (Wildman–Crippen MR) is 45.2 cm³/mol. The van der Waals surface area contributed by atoms with Crippen molar-refractivity contribution in [2.45, 2.75) is 34.6 Å². The third-order valence-corrected chi connectivity index (χ3v) is 5.06. The molecule has 0 aromatic heterocycles. The molecule has 0 spiro atoms. The van der Waals surface area contributed by atoms with Crippen LogP contribution in [0.25, 0.3) is 0 Å². The van der Waals surface area contributed by atoms with Gasteiger partial charge in [-0.2, -0.15) is 0 Å². The van der Waals surface area contributed by atoms with Crippen LogP contribution in [0.2, 0.25) is 11.4 Å². The predicted octanol–water partition coefficient (Wildman–Crippen LogP) is -1.24. The number of aliphatic hydroxyl groups excluding tert-OH is 3. The summed E-state index contributed by atoms with van der Waals surface area (Å²) in [7, 11) is 0. The molecule has 1 aliphatic rings. The summed E-state index contributed by atoms with van der Waals surface area (Å²) in [5.41, 5.74) is 4.10. The molecule has 4 atom stereocenters. The second-order valence-corrected chi connectivity index (χ2v) is 8.30. The molecular weight excluding hydrogens is 223 g/mol. The van der Waals surface area contributed by atoms with Gasteiger partial charge in [0.05, 0.1) is 0 Å². The van der Waals surface area contributed by atoms with Gasteiger partial charge in [0.1, 0.15) is 0 Å². The number of ether oxygens (including phenoxy) is 1. The summed E-state index contributed by atoms with van der Waals surface area (Å²) in [6.07, 6.45) is -2.32. The molecule has 1 saturated heterocycles. The van der Waals surface area contributed by atoms with Crippen LogP contribution in [0.15, 0.2) is 0 Å². The molecule has 1 unspecified atom stereocenters. The summed E-state index contributed by atoms with van der Waals surface area (Å²) < 4.78 is 5.31. The molecule has 72 valence electrons. The zero-order valence-corrected chi connectivity index (χ0v) is 9.09. The molecule has 0 bridgehead atoms. The fourth-order valence-corrected chi connectivity index (χ4v) is 3.80. The quantitative estimate of drug-likeness (QED) is 0.526. The van der Waals surface area contributed by atoms with Gasteiger partial charge in [0.25, 0.3) is 0 Å². The van der Waals surface area contributed by atoms with E-state index < -0.39 is 33.0 Å². The molecule has 0 amide bonds. The van der Waals surface area contributed by atoms with Crippen molar-refractivity contribution in [3.63, 3.8) is 0 Å². The molecule has 5 heteroatoms. The fourth-order valence-electron chi connectivity index (χ4n) is 1.31. The topological polar surface area (TPSA) is 69.9 Å². The summed E-state index contributed by atoms with van der Waals surface area (Å²) >= 11 is -1.18. The van der Waals surface area contributed by atoms with E-state index in [9.17, 15) is 10.2 Å². The summed E-state index contributed by atoms with van der Waals surface area (Å²) in [4.78, 5) is -0.218. The molecule has 0 aromatic carbocycles. The summed E-state index contributed by atoms with van der Waals surface area (Å²) in [5, 5.41) is 27.6. The monoisotopic (exact) mass is 238 g/mol. The van der Waals surface area contributed by atoms with Gasteiger partial charge in [-0.25, -0.2) is 0 Å². The molecule has 12 heavy (non-hydrogen) atoms. The first-order valence-corrected chi connectivity index (χ1v) is 8.70. The van der Waals surface area contributed by atoms with E-state index in [2.05, 4.69) is 0 Å². The van der Waals surface area contributed by atoms with Gasteiger partial charge in [-0.15, -0.1) is 0 Å². The zero-order valence-electron chi connectivity index (χ0n) is 7.21. The van der Waals surface area contributed by atoms with Crippen LogP contribution in [0.4, 0.5) is 0 Å². The van der Waals surface area contributed by atoms with Gasteiger partial charge >= 0.3 is 75.9 Å². The van der Waals surface area contributed by atoms with Crippen LogP contribution in [0, 0.1) is 0 Å². The number of rotatable bonds is 2. The third-order valence-electron chi connectivity index (χ3n) is 2.03. The Morgan fingerprint density at radius 3 is 2.08 bits per heavy atom. The van der Waals surface area contributed by atoms with E-state index in [0.29, 0.717) is 0 Å². The Morgan fingerprint density at radius 1 is 1.25 bits per heavy atom. The van der Waals surface area contributed by atoms with Crippen molar-refractivity contribution in [3.8, 4) is 0 Å². The summed E-state index contributed by atoms with van der Waals surface area (Å²) in [6, 6.07) is 0. The molecule has 0 aromatic rings. The molecule has 0 aliphatic carbocycles. The SMILES string of the molecule is C[As](C)C1O[C@H](CO)[C@@H](O)[C@H]1O. The van der Waals surface area contributed by atoms with E-state index in [4.69, 9.17) is 9.84 Å². The maximum atomic E-state index is 9.48. The fraction of sp³-hybridized carbons (Fsp3) is 1.00. The first-order chi connectivity index (χ1) is 5.57. The van der Waals surface area contributed by atoms with Crippen molar-refractivity contribution >= 4 is 14.7 Å². The van der Waals surface area contributed by atoms with Crippen LogP contribution < -0.4 is 0 Å². The van der Waals surface area contributed by atoms with Crippen molar-refractivity contribution in [3.05, 3.63) is 0 Å². The Kier molecular flexibility index (Phi) is 3.56. The Labute approximate surface area is 76.4 Å². The first kappa shape index (κ1) is 10.5. The summed E-state index contributed by atoms with van der Waals surface area (Å²) in [6.45, 7) is -0.225. The van der Waals surface area contributed by atoms with Crippen LogP contribution in [0.5, 0.6) is 0 Å². The molecule has 0 saturated carbocycles. The maximum absolute atomic E-state index is 9.48. The number of hydrogen-bond acceptors (Lipinski definition) is 4. The van der Waals surface area contributed by atoms with Crippen molar-refractivity contribution in [2.75, 3.05) is 6.61 Å². The molecule has 4 nitrogen and oxygen atoms in total. The third kappa shape index (κ3) is 1.83. The van der Waals surface area contributed by atoms with E-state index in [1.54, 1.807) is 0 Å². The van der Waals surface area contributed by atoms with Crippen molar-refractivity contribution < 1.29 is 20.1 Å². The molecule has 0 radical (unpaired) electrons. The van der Waals surface area contributed by atoms with E-state index in [1.165, 1.54) is 0 Å². The molecule has 1 rings (SSSR count). The molecule has 1 heterocycles. The van der Waals surface area contributed by atoms with Gasteiger partial charge in [-0.3, -0.25) is 0 Å². The standard InChI is InChI=1S/C7H15AsO4/c1-8(2)7-6(11)5(10)4(3-9)12-7/h4-7,9-11H,3H2,1-2H3/t4-,5-,6-,7?/m1/s1. The molecular formula is C7H15AsO4. The number of hydrogen-bond donors (Lipinski definition) is 3. The Bertz CT molecular complexity index is 152. The van der Waals surface area contributed by atoms with E-state index >= 15 is 0 Å². The van der Waals surface area contributed by atoms with Gasteiger partial charge in [0.2, 0.25) is 0 Å². The van der Waals surface area contributed by atoms with E-state index in [1.807, 2.05) is 11.4 Å². The summed E-state index contributed by atoms with van der Waals surface area (Å²) in [5.74, 6) is 0. The van der Waals surface area contributed by atoms with Crippen molar-refractivity contribution in [2.24, 2.45) is 0 Å². The van der Waals surface area contributed by atoms with Crippen LogP contribution in [0.1, 0.15) is 0 Å². The van der Waals surface area contributed by atoms with Crippen molar-refractivity contribution in [1.82, 2.24) is 0 Å². The van der Waals surface area contributed by atoms with Crippen LogP contribution in [-0.4, -0.2) is 59.8 Å². The second kappa shape index (κ2) is 4.07. The van der Waals surface area contributed by atoms with Crippen LogP contribution in [0.3, 0.4) is 0 Å². The van der Waals surface area contributed by atoms with Crippen LogP contribution >= 0.6 is 0 Å². The zero-order chi connectivity index (χ0) is 9.30. The minimum absolute atomic E-state index is 0.218. The first-order valence-electron chi connectivity index (χ1n) is 3.86. The Hall–Kier alpha value is 0.398. The van der Waals surface area contributed by atoms with Gasteiger partial charge in [0, 0.05) is 0 Å². The van der Waals surface area contributed by atoms with E-state index in [0.717, 1.165) is 0 Å².